The molecule has 6 heteroatoms. The average Bonchev–Trinajstić information content (AvgIpc) is 2.46. The molecule has 2 heterocycles. The smallest absolute Gasteiger partial charge is 0.326 e. The van der Waals surface area contributed by atoms with Crippen LogP contribution >= 0.6 is 0 Å². The molecule has 1 aliphatic rings. The van der Waals surface area contributed by atoms with Gasteiger partial charge in [0.15, 0.2) is 0 Å². The molecular formula is C13H17N3O3. The van der Waals surface area contributed by atoms with Crippen LogP contribution in [-0.4, -0.2) is 44.4 Å². The van der Waals surface area contributed by atoms with Crippen molar-refractivity contribution in [3.8, 4) is 0 Å². The lowest BCUT2D eigenvalue weighted by molar-refractivity contribution is -0.144. The number of nitrogens with zero attached hydrogens (tertiary/aromatic N) is 3. The van der Waals surface area contributed by atoms with Crippen molar-refractivity contribution < 1.29 is 14.7 Å². The molecule has 0 spiro atoms. The van der Waals surface area contributed by atoms with Gasteiger partial charge in [-0.2, -0.15) is 0 Å². The number of aliphatic carboxylic acids is 1. The summed E-state index contributed by atoms with van der Waals surface area (Å²) >= 11 is 0. The lowest BCUT2D eigenvalue weighted by Crippen LogP contribution is -2.50. The summed E-state index contributed by atoms with van der Waals surface area (Å²) in [5.74, 6) is -0.933. The number of hydrogen-bond donors (Lipinski definition) is 1. The SMILES string of the molecule is CCC1CCN(C(=O)c2cnccn2)C(C(=O)O)C1. The molecule has 0 aliphatic carbocycles. The van der Waals surface area contributed by atoms with Gasteiger partial charge in [0.1, 0.15) is 11.7 Å². The van der Waals surface area contributed by atoms with Gasteiger partial charge in [0, 0.05) is 18.9 Å². The molecule has 102 valence electrons. The van der Waals surface area contributed by atoms with Crippen molar-refractivity contribution in [2.24, 2.45) is 5.92 Å². The number of carbonyl (C=O) groups excluding carboxylic acids is 1. The van der Waals surface area contributed by atoms with E-state index in [0.29, 0.717) is 18.9 Å². The molecule has 2 unspecified atom stereocenters. The molecule has 0 aromatic carbocycles. The molecule has 0 saturated carbocycles. The van der Waals surface area contributed by atoms with E-state index in [1.54, 1.807) is 0 Å². The lowest BCUT2D eigenvalue weighted by atomic mass is 9.88. The number of carboxylic acid groups (broad SMARTS) is 1. The predicted molar refractivity (Wildman–Crippen MR) is 67.5 cm³/mol. The first-order valence-corrected chi connectivity index (χ1v) is 6.43. The number of carbonyl (C=O) groups is 2. The third-order valence-corrected chi connectivity index (χ3v) is 3.62. The Balaban J connectivity index is 2.18. The molecule has 1 aromatic rings. The summed E-state index contributed by atoms with van der Waals surface area (Å²) in [5, 5.41) is 9.29. The van der Waals surface area contributed by atoms with Crippen molar-refractivity contribution in [2.45, 2.75) is 32.2 Å². The maximum absolute atomic E-state index is 12.3. The standard InChI is InChI=1S/C13H17N3O3/c1-2-9-3-6-16(11(7-9)13(18)19)12(17)10-8-14-4-5-15-10/h4-5,8-9,11H,2-3,6-7H2,1H3,(H,18,19). The molecule has 2 atom stereocenters. The minimum atomic E-state index is -0.949. The van der Waals surface area contributed by atoms with E-state index in [4.69, 9.17) is 0 Å². The second-order valence-corrected chi connectivity index (χ2v) is 4.74. The summed E-state index contributed by atoms with van der Waals surface area (Å²) in [4.78, 5) is 32.8. The van der Waals surface area contributed by atoms with Crippen LogP contribution in [0, 0.1) is 5.92 Å². The van der Waals surface area contributed by atoms with Gasteiger partial charge in [-0.3, -0.25) is 9.78 Å². The topological polar surface area (TPSA) is 83.4 Å². The van der Waals surface area contributed by atoms with E-state index in [9.17, 15) is 14.7 Å². The summed E-state index contributed by atoms with van der Waals surface area (Å²) in [6, 6.07) is -0.756. The van der Waals surface area contributed by atoms with E-state index in [-0.39, 0.29) is 11.6 Å². The monoisotopic (exact) mass is 263 g/mol. The molecule has 1 amide bonds. The van der Waals surface area contributed by atoms with Crippen LogP contribution in [0.2, 0.25) is 0 Å². The molecule has 2 rings (SSSR count). The van der Waals surface area contributed by atoms with Crippen LogP contribution in [-0.2, 0) is 4.79 Å². The Kier molecular flexibility index (Phi) is 4.09. The van der Waals surface area contributed by atoms with Gasteiger partial charge in [-0.15, -0.1) is 0 Å². The highest BCUT2D eigenvalue weighted by atomic mass is 16.4. The summed E-state index contributed by atoms with van der Waals surface area (Å²) in [6.07, 6.45) is 6.57. The number of amides is 1. The van der Waals surface area contributed by atoms with Crippen molar-refractivity contribution in [3.05, 3.63) is 24.3 Å². The minimum Gasteiger partial charge on any atom is -0.480 e. The zero-order chi connectivity index (χ0) is 13.8. The number of carboxylic acids is 1. The van der Waals surface area contributed by atoms with Gasteiger partial charge in [-0.1, -0.05) is 13.3 Å². The second kappa shape index (κ2) is 5.77. The third-order valence-electron chi connectivity index (χ3n) is 3.62. The van der Waals surface area contributed by atoms with Crippen LogP contribution in [0.5, 0.6) is 0 Å². The Bertz CT molecular complexity index is 463. The number of piperidine rings is 1. The van der Waals surface area contributed by atoms with Crippen LogP contribution in [0.1, 0.15) is 36.7 Å². The Labute approximate surface area is 111 Å². The highest BCUT2D eigenvalue weighted by Gasteiger charge is 2.36. The molecular weight excluding hydrogens is 246 g/mol. The maximum Gasteiger partial charge on any atom is 0.326 e. The van der Waals surface area contributed by atoms with Gasteiger partial charge in [0.25, 0.3) is 5.91 Å². The molecule has 19 heavy (non-hydrogen) atoms. The highest BCUT2D eigenvalue weighted by Crippen LogP contribution is 2.26. The maximum atomic E-state index is 12.3. The van der Waals surface area contributed by atoms with Crippen LogP contribution in [0.3, 0.4) is 0 Å². The van der Waals surface area contributed by atoms with Crippen molar-refractivity contribution in [2.75, 3.05) is 6.54 Å². The molecule has 1 fully saturated rings. The Morgan fingerprint density at radius 2 is 2.26 bits per heavy atom. The van der Waals surface area contributed by atoms with Crippen molar-refractivity contribution in [1.29, 1.82) is 0 Å². The van der Waals surface area contributed by atoms with E-state index in [0.717, 1.165) is 12.8 Å². The molecule has 1 aliphatic heterocycles. The number of rotatable bonds is 3. The first-order valence-electron chi connectivity index (χ1n) is 6.43. The van der Waals surface area contributed by atoms with E-state index in [1.165, 1.54) is 23.5 Å². The minimum absolute atomic E-state index is 0.198. The van der Waals surface area contributed by atoms with E-state index >= 15 is 0 Å². The van der Waals surface area contributed by atoms with Crippen molar-refractivity contribution in [1.82, 2.24) is 14.9 Å². The van der Waals surface area contributed by atoms with Crippen LogP contribution < -0.4 is 0 Å². The highest BCUT2D eigenvalue weighted by molar-refractivity contribution is 5.94. The zero-order valence-electron chi connectivity index (χ0n) is 10.8. The van der Waals surface area contributed by atoms with Crippen LogP contribution in [0.4, 0.5) is 0 Å². The van der Waals surface area contributed by atoms with Gasteiger partial charge in [0.2, 0.25) is 0 Å². The molecule has 6 nitrogen and oxygen atoms in total. The van der Waals surface area contributed by atoms with Gasteiger partial charge < -0.3 is 10.0 Å². The van der Waals surface area contributed by atoms with Gasteiger partial charge in [-0.05, 0) is 18.8 Å². The fourth-order valence-electron chi connectivity index (χ4n) is 2.44. The number of aromatic nitrogens is 2. The van der Waals surface area contributed by atoms with Crippen molar-refractivity contribution in [3.63, 3.8) is 0 Å². The summed E-state index contributed by atoms with van der Waals surface area (Å²) in [7, 11) is 0. The van der Waals surface area contributed by atoms with Crippen molar-refractivity contribution >= 4 is 11.9 Å². The molecule has 1 N–H and O–H groups in total. The molecule has 0 radical (unpaired) electrons. The molecule has 1 aromatic heterocycles. The fourth-order valence-corrected chi connectivity index (χ4v) is 2.44. The number of hydrogen-bond acceptors (Lipinski definition) is 4. The largest absolute Gasteiger partial charge is 0.480 e. The Hall–Kier alpha value is -1.98. The zero-order valence-corrected chi connectivity index (χ0v) is 10.8. The summed E-state index contributed by atoms with van der Waals surface area (Å²) < 4.78 is 0. The summed E-state index contributed by atoms with van der Waals surface area (Å²) in [6.45, 7) is 2.51. The fraction of sp³-hybridized carbons (Fsp3) is 0.538. The Morgan fingerprint density at radius 3 is 2.84 bits per heavy atom. The first kappa shape index (κ1) is 13.5. The average molecular weight is 263 g/mol. The third kappa shape index (κ3) is 2.89. The lowest BCUT2D eigenvalue weighted by Gasteiger charge is -2.36. The van der Waals surface area contributed by atoms with Crippen LogP contribution in [0.25, 0.3) is 0 Å². The first-order chi connectivity index (χ1) is 9.13. The number of likely N-dealkylation sites (tertiary alicyclic amines) is 1. The predicted octanol–water partition coefficient (Wildman–Crippen LogP) is 1.19. The van der Waals surface area contributed by atoms with Crippen LogP contribution in [0.15, 0.2) is 18.6 Å². The van der Waals surface area contributed by atoms with E-state index in [1.807, 2.05) is 6.92 Å². The quantitative estimate of drug-likeness (QED) is 0.885. The second-order valence-electron chi connectivity index (χ2n) is 4.74. The van der Waals surface area contributed by atoms with Gasteiger partial charge in [-0.25, -0.2) is 9.78 Å². The van der Waals surface area contributed by atoms with E-state index in [2.05, 4.69) is 9.97 Å². The molecule has 1 saturated heterocycles. The Morgan fingerprint density at radius 1 is 1.47 bits per heavy atom. The normalized spacial score (nSPS) is 23.1. The van der Waals surface area contributed by atoms with Gasteiger partial charge >= 0.3 is 5.97 Å². The van der Waals surface area contributed by atoms with Gasteiger partial charge in [0.05, 0.1) is 6.20 Å². The van der Waals surface area contributed by atoms with E-state index < -0.39 is 12.0 Å². The summed E-state index contributed by atoms with van der Waals surface area (Å²) in [5.41, 5.74) is 0.198. The molecule has 0 bridgehead atoms.